The van der Waals surface area contributed by atoms with E-state index in [-0.39, 0.29) is 24.0 Å². The lowest BCUT2D eigenvalue weighted by molar-refractivity contribution is 0.147. The van der Waals surface area contributed by atoms with Gasteiger partial charge in [-0.15, -0.1) is 24.0 Å². The highest BCUT2D eigenvalue weighted by atomic mass is 127. The third-order valence-electron chi connectivity index (χ3n) is 5.58. The fraction of sp³-hybridized carbons (Fsp3) is 0.947. The van der Waals surface area contributed by atoms with Gasteiger partial charge < -0.3 is 15.5 Å². The van der Waals surface area contributed by atoms with Gasteiger partial charge in [0.05, 0.1) is 0 Å². The van der Waals surface area contributed by atoms with Crippen LogP contribution in [0.5, 0.6) is 0 Å². The quantitative estimate of drug-likeness (QED) is 0.329. The Labute approximate surface area is 172 Å². The van der Waals surface area contributed by atoms with Gasteiger partial charge in [0.25, 0.3) is 0 Å². The summed E-state index contributed by atoms with van der Waals surface area (Å²) < 4.78 is 0. The summed E-state index contributed by atoms with van der Waals surface area (Å²) in [7, 11) is 0. The van der Waals surface area contributed by atoms with Crippen LogP contribution in [0.15, 0.2) is 4.99 Å². The lowest BCUT2D eigenvalue weighted by Crippen LogP contribution is -2.46. The zero-order valence-electron chi connectivity index (χ0n) is 16.6. The topological polar surface area (TPSA) is 42.9 Å². The van der Waals surface area contributed by atoms with Crippen molar-refractivity contribution in [1.82, 2.24) is 20.4 Å². The van der Waals surface area contributed by atoms with E-state index < -0.39 is 0 Å². The smallest absolute Gasteiger partial charge is 0.191 e. The van der Waals surface area contributed by atoms with Crippen LogP contribution in [-0.4, -0.2) is 74.2 Å². The van der Waals surface area contributed by atoms with Gasteiger partial charge in [-0.05, 0) is 58.2 Å². The second-order valence-corrected chi connectivity index (χ2v) is 7.29. The van der Waals surface area contributed by atoms with Crippen molar-refractivity contribution >= 4 is 29.9 Å². The Balaban J connectivity index is 0.00000312. The van der Waals surface area contributed by atoms with Gasteiger partial charge in [0, 0.05) is 38.8 Å². The number of guanidine groups is 1. The van der Waals surface area contributed by atoms with Gasteiger partial charge >= 0.3 is 0 Å². The maximum Gasteiger partial charge on any atom is 0.191 e. The monoisotopic (exact) mass is 465 g/mol. The van der Waals surface area contributed by atoms with Crippen LogP contribution in [0.1, 0.15) is 52.9 Å². The Morgan fingerprint density at radius 3 is 2.60 bits per heavy atom. The van der Waals surface area contributed by atoms with Crippen LogP contribution in [0.25, 0.3) is 0 Å². The van der Waals surface area contributed by atoms with E-state index >= 15 is 0 Å². The van der Waals surface area contributed by atoms with Crippen molar-refractivity contribution in [2.75, 3.05) is 52.4 Å². The predicted molar refractivity (Wildman–Crippen MR) is 119 cm³/mol. The Morgan fingerprint density at radius 1 is 1.08 bits per heavy atom. The molecule has 0 aromatic heterocycles. The van der Waals surface area contributed by atoms with Gasteiger partial charge in [0.1, 0.15) is 0 Å². The molecule has 6 heteroatoms. The highest BCUT2D eigenvalue weighted by molar-refractivity contribution is 14.0. The van der Waals surface area contributed by atoms with Crippen LogP contribution in [-0.2, 0) is 0 Å². The lowest BCUT2D eigenvalue weighted by Gasteiger charge is -2.35. The van der Waals surface area contributed by atoms with Gasteiger partial charge in [0.2, 0.25) is 0 Å². The molecular weight excluding hydrogens is 425 g/mol. The maximum atomic E-state index is 4.84. The molecule has 2 unspecified atom stereocenters. The van der Waals surface area contributed by atoms with E-state index in [0.29, 0.717) is 0 Å². The summed E-state index contributed by atoms with van der Waals surface area (Å²) in [6.07, 6.45) is 6.72. The molecule has 25 heavy (non-hydrogen) atoms. The van der Waals surface area contributed by atoms with Crippen molar-refractivity contribution in [2.24, 2.45) is 10.9 Å². The van der Waals surface area contributed by atoms with Crippen molar-refractivity contribution in [2.45, 2.75) is 58.9 Å². The van der Waals surface area contributed by atoms with Crippen molar-refractivity contribution in [3.63, 3.8) is 0 Å². The Morgan fingerprint density at radius 2 is 1.92 bits per heavy atom. The van der Waals surface area contributed by atoms with Crippen LogP contribution in [0.4, 0.5) is 0 Å². The average Bonchev–Trinajstić information content (AvgIpc) is 3.08. The molecule has 5 nitrogen and oxygen atoms in total. The third kappa shape index (κ3) is 7.99. The van der Waals surface area contributed by atoms with E-state index in [1.807, 2.05) is 0 Å². The average molecular weight is 465 g/mol. The molecule has 0 bridgehead atoms. The molecule has 0 radical (unpaired) electrons. The van der Waals surface area contributed by atoms with Crippen LogP contribution < -0.4 is 10.6 Å². The first-order valence-electron chi connectivity index (χ1n) is 10.2. The standard InChI is InChI=1S/C19H39N5.HI/c1-4-18-9-7-8-12-24(18)14-11-21-19(20-5-2)22-15-17-10-13-23(6-3)16-17;/h17-18H,4-16H2,1-3H3,(H2,20,21,22);1H. The van der Waals surface area contributed by atoms with E-state index in [1.165, 1.54) is 58.3 Å². The number of piperidine rings is 1. The Bertz CT molecular complexity index is 377. The zero-order chi connectivity index (χ0) is 17.2. The molecule has 148 valence electrons. The Hall–Kier alpha value is -0.0800. The molecule has 0 aromatic carbocycles. The highest BCUT2D eigenvalue weighted by Crippen LogP contribution is 2.18. The van der Waals surface area contributed by atoms with Crippen LogP contribution in [0.2, 0.25) is 0 Å². The Kier molecular flexibility index (Phi) is 12.1. The molecule has 0 spiro atoms. The first-order chi connectivity index (χ1) is 11.8. The van der Waals surface area contributed by atoms with Crippen LogP contribution >= 0.6 is 24.0 Å². The first-order valence-corrected chi connectivity index (χ1v) is 10.2. The van der Waals surface area contributed by atoms with Gasteiger partial charge in [-0.2, -0.15) is 0 Å². The molecule has 2 aliphatic heterocycles. The fourth-order valence-corrected chi connectivity index (χ4v) is 4.05. The fourth-order valence-electron chi connectivity index (χ4n) is 4.05. The van der Waals surface area contributed by atoms with E-state index in [4.69, 9.17) is 4.99 Å². The van der Waals surface area contributed by atoms with Gasteiger partial charge in [-0.3, -0.25) is 9.89 Å². The molecule has 2 aliphatic rings. The van der Waals surface area contributed by atoms with Crippen molar-refractivity contribution in [3.05, 3.63) is 0 Å². The summed E-state index contributed by atoms with van der Waals surface area (Å²) in [6.45, 7) is 15.6. The minimum Gasteiger partial charge on any atom is -0.357 e. The minimum atomic E-state index is 0. The predicted octanol–water partition coefficient (Wildman–Crippen LogP) is 2.77. The number of hydrogen-bond acceptors (Lipinski definition) is 3. The van der Waals surface area contributed by atoms with Crippen molar-refractivity contribution in [3.8, 4) is 0 Å². The second kappa shape index (κ2) is 13.1. The first kappa shape index (κ1) is 23.0. The minimum absolute atomic E-state index is 0. The summed E-state index contributed by atoms with van der Waals surface area (Å²) in [6, 6.07) is 0.790. The molecule has 2 N–H and O–H groups in total. The molecule has 0 amide bonds. The molecule has 2 atom stereocenters. The zero-order valence-corrected chi connectivity index (χ0v) is 18.9. The molecular formula is C19H40IN5. The number of likely N-dealkylation sites (tertiary alicyclic amines) is 2. The number of hydrogen-bond donors (Lipinski definition) is 2. The number of nitrogens with zero attached hydrogens (tertiary/aromatic N) is 3. The van der Waals surface area contributed by atoms with Gasteiger partial charge in [0.15, 0.2) is 5.96 Å². The molecule has 0 aromatic rings. The van der Waals surface area contributed by atoms with E-state index in [1.54, 1.807) is 0 Å². The van der Waals surface area contributed by atoms with Gasteiger partial charge in [-0.25, -0.2) is 0 Å². The molecule has 2 rings (SSSR count). The number of halogens is 1. The third-order valence-corrected chi connectivity index (χ3v) is 5.58. The molecule has 2 saturated heterocycles. The number of nitrogens with one attached hydrogen (secondary N) is 2. The summed E-state index contributed by atoms with van der Waals surface area (Å²) in [5, 5.41) is 6.95. The largest absolute Gasteiger partial charge is 0.357 e. The molecule has 2 fully saturated rings. The SMILES string of the molecule is CCNC(=NCC1CCN(CC)C1)NCCN1CCCCC1CC.I. The maximum absolute atomic E-state index is 4.84. The molecule has 0 saturated carbocycles. The van der Waals surface area contributed by atoms with E-state index in [9.17, 15) is 0 Å². The summed E-state index contributed by atoms with van der Waals surface area (Å²) in [5.41, 5.74) is 0. The number of rotatable bonds is 8. The number of aliphatic imine (C=N–C) groups is 1. The summed E-state index contributed by atoms with van der Waals surface area (Å²) >= 11 is 0. The molecule has 2 heterocycles. The van der Waals surface area contributed by atoms with Crippen LogP contribution in [0, 0.1) is 5.92 Å². The van der Waals surface area contributed by atoms with Gasteiger partial charge in [-0.1, -0.05) is 20.3 Å². The van der Waals surface area contributed by atoms with Crippen LogP contribution in [0.3, 0.4) is 0 Å². The lowest BCUT2D eigenvalue weighted by atomic mass is 10.0. The van der Waals surface area contributed by atoms with Crippen molar-refractivity contribution in [1.29, 1.82) is 0 Å². The molecule has 0 aliphatic carbocycles. The summed E-state index contributed by atoms with van der Waals surface area (Å²) in [5.74, 6) is 1.73. The highest BCUT2D eigenvalue weighted by Gasteiger charge is 2.21. The normalized spacial score (nSPS) is 25.6. The van der Waals surface area contributed by atoms with E-state index in [0.717, 1.165) is 44.1 Å². The summed E-state index contributed by atoms with van der Waals surface area (Å²) in [4.78, 5) is 10.0. The second-order valence-electron chi connectivity index (χ2n) is 7.29. The van der Waals surface area contributed by atoms with Crippen molar-refractivity contribution < 1.29 is 0 Å². The van der Waals surface area contributed by atoms with E-state index in [2.05, 4.69) is 41.2 Å².